The average Bonchev–Trinajstić information content (AvgIpc) is 2.06. The summed E-state index contributed by atoms with van der Waals surface area (Å²) in [6, 6.07) is 9.41. The van der Waals surface area contributed by atoms with E-state index in [2.05, 4.69) is 0 Å². The molecule has 0 saturated carbocycles. The molecule has 11 heavy (non-hydrogen) atoms. The van der Waals surface area contributed by atoms with E-state index in [9.17, 15) is 5.11 Å². The van der Waals surface area contributed by atoms with Crippen molar-refractivity contribution in [1.29, 1.82) is 0 Å². The average molecular weight is 171 g/mol. The molecule has 1 N–H and O–H groups in total. The Bertz CT molecular complexity index is 218. The van der Waals surface area contributed by atoms with Crippen LogP contribution < -0.4 is 0 Å². The van der Waals surface area contributed by atoms with Crippen molar-refractivity contribution in [2.75, 3.05) is 5.88 Å². The van der Waals surface area contributed by atoms with Crippen LogP contribution >= 0.6 is 11.6 Å². The summed E-state index contributed by atoms with van der Waals surface area (Å²) in [5.74, 6) is 0.219. The van der Waals surface area contributed by atoms with Crippen LogP contribution in [0, 0.1) is 0 Å². The van der Waals surface area contributed by atoms with Crippen LogP contribution in [0.25, 0.3) is 0 Å². The molecule has 1 rings (SSSR count). The van der Waals surface area contributed by atoms with Gasteiger partial charge in [-0.1, -0.05) is 30.3 Å². The molecular formula is C9H11ClO. The van der Waals surface area contributed by atoms with Crippen molar-refractivity contribution in [3.8, 4) is 0 Å². The van der Waals surface area contributed by atoms with E-state index in [0.717, 1.165) is 5.56 Å². The first-order valence-electron chi connectivity index (χ1n) is 3.51. The third-order valence-electron chi connectivity index (χ3n) is 1.66. The van der Waals surface area contributed by atoms with Crippen molar-refractivity contribution in [3.63, 3.8) is 0 Å². The van der Waals surface area contributed by atoms with Crippen molar-refractivity contribution in [3.05, 3.63) is 35.9 Å². The van der Waals surface area contributed by atoms with Crippen molar-refractivity contribution >= 4 is 11.6 Å². The topological polar surface area (TPSA) is 20.2 Å². The smallest absolute Gasteiger partial charge is 0.100 e. The van der Waals surface area contributed by atoms with E-state index in [4.69, 9.17) is 11.6 Å². The third kappa shape index (κ3) is 1.95. The zero-order chi connectivity index (χ0) is 8.32. The highest BCUT2D eigenvalue weighted by Gasteiger charge is 2.20. The van der Waals surface area contributed by atoms with E-state index in [1.807, 2.05) is 30.3 Å². The van der Waals surface area contributed by atoms with E-state index in [0.29, 0.717) is 0 Å². The van der Waals surface area contributed by atoms with Gasteiger partial charge in [-0.2, -0.15) is 0 Å². The fourth-order valence-electron chi connectivity index (χ4n) is 0.874. The van der Waals surface area contributed by atoms with Crippen molar-refractivity contribution in [1.82, 2.24) is 0 Å². The minimum atomic E-state index is -0.900. The summed E-state index contributed by atoms with van der Waals surface area (Å²) in [5.41, 5.74) is -0.0435. The number of alkyl halides is 1. The number of aliphatic hydroxyl groups is 1. The number of hydrogen-bond donors (Lipinski definition) is 1. The Morgan fingerprint density at radius 1 is 1.36 bits per heavy atom. The summed E-state index contributed by atoms with van der Waals surface area (Å²) < 4.78 is 0. The lowest BCUT2D eigenvalue weighted by atomic mass is 9.99. The lowest BCUT2D eigenvalue weighted by molar-refractivity contribution is 0.0824. The predicted molar refractivity (Wildman–Crippen MR) is 46.7 cm³/mol. The Balaban J connectivity index is 2.93. The van der Waals surface area contributed by atoms with Crippen molar-refractivity contribution in [2.45, 2.75) is 12.5 Å². The Hall–Kier alpha value is -0.530. The maximum absolute atomic E-state index is 9.66. The maximum atomic E-state index is 9.66. The second kappa shape index (κ2) is 3.24. The van der Waals surface area contributed by atoms with Gasteiger partial charge < -0.3 is 5.11 Å². The van der Waals surface area contributed by atoms with E-state index >= 15 is 0 Å². The lowest BCUT2D eigenvalue weighted by Gasteiger charge is -2.19. The van der Waals surface area contributed by atoms with Crippen LogP contribution in [0.3, 0.4) is 0 Å². The van der Waals surface area contributed by atoms with Gasteiger partial charge in [0.15, 0.2) is 0 Å². The van der Waals surface area contributed by atoms with Gasteiger partial charge in [0.2, 0.25) is 0 Å². The second-order valence-corrected chi connectivity index (χ2v) is 3.04. The molecule has 1 atom stereocenters. The standard InChI is InChI=1S/C9H11ClO/c1-9(11,7-10)8-5-3-2-4-6-8/h2-6,11H,7H2,1H3/t9-/m0/s1. The fourth-order valence-corrected chi connectivity index (χ4v) is 1.03. The molecule has 0 saturated heterocycles. The molecule has 0 radical (unpaired) electrons. The van der Waals surface area contributed by atoms with Crippen molar-refractivity contribution in [2.24, 2.45) is 0 Å². The maximum Gasteiger partial charge on any atom is 0.100 e. The molecule has 1 aromatic rings. The van der Waals surface area contributed by atoms with Gasteiger partial charge in [-0.15, -0.1) is 11.6 Å². The molecular weight excluding hydrogens is 160 g/mol. The van der Waals surface area contributed by atoms with Crippen LogP contribution in [0.5, 0.6) is 0 Å². The molecule has 0 heterocycles. The summed E-state index contributed by atoms with van der Waals surface area (Å²) in [6.07, 6.45) is 0. The zero-order valence-electron chi connectivity index (χ0n) is 6.42. The van der Waals surface area contributed by atoms with Crippen LogP contribution in [-0.4, -0.2) is 11.0 Å². The van der Waals surface area contributed by atoms with Gasteiger partial charge in [0.05, 0.1) is 5.88 Å². The molecule has 2 heteroatoms. The van der Waals surface area contributed by atoms with Crippen LogP contribution in [0.4, 0.5) is 0 Å². The van der Waals surface area contributed by atoms with Crippen LogP contribution in [0.15, 0.2) is 30.3 Å². The number of hydrogen-bond acceptors (Lipinski definition) is 1. The Kier molecular flexibility index (Phi) is 2.53. The van der Waals surface area contributed by atoms with E-state index in [-0.39, 0.29) is 5.88 Å². The summed E-state index contributed by atoms with van der Waals surface area (Å²) in [7, 11) is 0. The summed E-state index contributed by atoms with van der Waals surface area (Å²) in [5, 5.41) is 9.66. The Morgan fingerprint density at radius 3 is 2.36 bits per heavy atom. The second-order valence-electron chi connectivity index (χ2n) is 2.77. The number of rotatable bonds is 2. The highest BCUT2D eigenvalue weighted by atomic mass is 35.5. The highest BCUT2D eigenvalue weighted by molar-refractivity contribution is 6.18. The number of halogens is 1. The molecule has 1 aromatic carbocycles. The summed E-state index contributed by atoms with van der Waals surface area (Å²) >= 11 is 5.58. The molecule has 0 unspecified atom stereocenters. The summed E-state index contributed by atoms with van der Waals surface area (Å²) in [6.45, 7) is 1.70. The lowest BCUT2D eigenvalue weighted by Crippen LogP contribution is -2.22. The monoisotopic (exact) mass is 170 g/mol. The quantitative estimate of drug-likeness (QED) is 0.675. The fraction of sp³-hybridized carbons (Fsp3) is 0.333. The first-order chi connectivity index (χ1) is 5.17. The first kappa shape index (κ1) is 8.57. The predicted octanol–water partition coefficient (Wildman–Crippen LogP) is 2.13. The molecule has 0 aromatic heterocycles. The van der Waals surface area contributed by atoms with Gasteiger partial charge in [0, 0.05) is 0 Å². The van der Waals surface area contributed by atoms with Gasteiger partial charge in [-0.3, -0.25) is 0 Å². The molecule has 0 aliphatic heterocycles. The Labute approximate surface area is 71.6 Å². The van der Waals surface area contributed by atoms with Gasteiger partial charge in [0.25, 0.3) is 0 Å². The first-order valence-corrected chi connectivity index (χ1v) is 4.04. The third-order valence-corrected chi connectivity index (χ3v) is 2.18. The van der Waals surface area contributed by atoms with E-state index < -0.39 is 5.60 Å². The molecule has 1 nitrogen and oxygen atoms in total. The summed E-state index contributed by atoms with van der Waals surface area (Å²) in [4.78, 5) is 0. The SMILES string of the molecule is C[C@](O)(CCl)c1ccccc1. The van der Waals surface area contributed by atoms with Crippen molar-refractivity contribution < 1.29 is 5.11 Å². The highest BCUT2D eigenvalue weighted by Crippen LogP contribution is 2.20. The Morgan fingerprint density at radius 2 is 1.91 bits per heavy atom. The molecule has 0 amide bonds. The molecule has 0 spiro atoms. The number of benzene rings is 1. The van der Waals surface area contributed by atoms with Gasteiger partial charge >= 0.3 is 0 Å². The largest absolute Gasteiger partial charge is 0.384 e. The van der Waals surface area contributed by atoms with Crippen LogP contribution in [0.1, 0.15) is 12.5 Å². The molecule has 60 valence electrons. The van der Waals surface area contributed by atoms with E-state index in [1.165, 1.54) is 0 Å². The van der Waals surface area contributed by atoms with Gasteiger partial charge in [-0.05, 0) is 12.5 Å². The van der Waals surface area contributed by atoms with Gasteiger partial charge in [0.1, 0.15) is 5.60 Å². The minimum absolute atomic E-state index is 0.219. The molecule has 0 fully saturated rings. The minimum Gasteiger partial charge on any atom is -0.384 e. The molecule has 0 aliphatic rings. The molecule has 0 aliphatic carbocycles. The zero-order valence-corrected chi connectivity index (χ0v) is 7.17. The van der Waals surface area contributed by atoms with Crippen LogP contribution in [-0.2, 0) is 5.60 Å². The normalized spacial score (nSPS) is 15.9. The van der Waals surface area contributed by atoms with E-state index in [1.54, 1.807) is 6.92 Å². The van der Waals surface area contributed by atoms with Crippen LogP contribution in [0.2, 0.25) is 0 Å². The van der Waals surface area contributed by atoms with Gasteiger partial charge in [-0.25, -0.2) is 0 Å². The molecule has 0 bridgehead atoms.